The van der Waals surface area contributed by atoms with Gasteiger partial charge in [0.1, 0.15) is 11.4 Å². The molecule has 1 saturated carbocycles. The lowest BCUT2D eigenvalue weighted by atomic mass is 9.69. The quantitative estimate of drug-likeness (QED) is 0.549. The van der Waals surface area contributed by atoms with E-state index in [9.17, 15) is 4.79 Å². The van der Waals surface area contributed by atoms with Crippen molar-refractivity contribution in [3.63, 3.8) is 0 Å². The first-order chi connectivity index (χ1) is 12.5. The Labute approximate surface area is 155 Å². The molecule has 1 aromatic rings. The number of carbonyl (C=O) groups excluding carboxylic acids is 1. The summed E-state index contributed by atoms with van der Waals surface area (Å²) in [5.41, 5.74) is -0.656. The molecule has 1 aliphatic heterocycles. The molecule has 0 bridgehead atoms. The van der Waals surface area contributed by atoms with Crippen LogP contribution in [0.2, 0.25) is 0 Å². The van der Waals surface area contributed by atoms with E-state index in [1.165, 1.54) is 19.3 Å². The molecule has 2 atom stereocenters. The van der Waals surface area contributed by atoms with E-state index in [0.717, 1.165) is 30.6 Å². The van der Waals surface area contributed by atoms with Gasteiger partial charge in [-0.25, -0.2) is 14.6 Å². The van der Waals surface area contributed by atoms with E-state index in [1.807, 2.05) is 31.2 Å². The van der Waals surface area contributed by atoms with Crippen LogP contribution >= 0.6 is 0 Å². The zero-order valence-electron chi connectivity index (χ0n) is 16.1. The van der Waals surface area contributed by atoms with Crippen molar-refractivity contribution in [2.45, 2.75) is 70.0 Å². The molecule has 1 aliphatic carbocycles. The highest BCUT2D eigenvalue weighted by atomic mass is 17.2. The second kappa shape index (κ2) is 7.97. The molecule has 1 aromatic carbocycles. The van der Waals surface area contributed by atoms with E-state index < -0.39 is 11.2 Å². The topological polar surface area (TPSA) is 54.0 Å². The van der Waals surface area contributed by atoms with Crippen LogP contribution in [0.3, 0.4) is 0 Å². The zero-order valence-corrected chi connectivity index (χ0v) is 16.1. The molecule has 0 amide bonds. The second-order valence-corrected chi connectivity index (χ2v) is 7.66. The van der Waals surface area contributed by atoms with E-state index in [-0.39, 0.29) is 5.97 Å². The summed E-state index contributed by atoms with van der Waals surface area (Å²) in [4.78, 5) is 24.3. The first kappa shape index (κ1) is 19.2. The largest absolute Gasteiger partial charge is 0.497 e. The van der Waals surface area contributed by atoms with Crippen LogP contribution in [0.15, 0.2) is 24.3 Å². The maximum atomic E-state index is 12.6. The van der Waals surface area contributed by atoms with Crippen molar-refractivity contribution in [1.82, 2.24) is 0 Å². The third-order valence-electron chi connectivity index (χ3n) is 5.69. The second-order valence-electron chi connectivity index (χ2n) is 7.66. The third kappa shape index (κ3) is 3.60. The van der Waals surface area contributed by atoms with Gasteiger partial charge in [-0.2, -0.15) is 0 Å². The Hall–Kier alpha value is -1.59. The van der Waals surface area contributed by atoms with Crippen LogP contribution in [-0.4, -0.2) is 25.3 Å². The number of carbonyl (C=O) groups is 1. The Morgan fingerprint density at radius 1 is 1.15 bits per heavy atom. The Balaban J connectivity index is 1.90. The van der Waals surface area contributed by atoms with E-state index in [4.69, 9.17) is 19.2 Å². The Kier molecular flexibility index (Phi) is 5.88. The Bertz CT molecular complexity index is 607. The van der Waals surface area contributed by atoms with Crippen molar-refractivity contribution in [1.29, 1.82) is 0 Å². The van der Waals surface area contributed by atoms with Gasteiger partial charge in [-0.3, -0.25) is 0 Å². The fourth-order valence-corrected chi connectivity index (χ4v) is 4.22. The number of rotatable bonds is 6. The minimum atomic E-state index is -1.08. The number of hydrogen-bond acceptors (Lipinski definition) is 5. The molecule has 0 aromatic heterocycles. The molecule has 2 fully saturated rings. The van der Waals surface area contributed by atoms with Gasteiger partial charge in [-0.1, -0.05) is 38.3 Å². The van der Waals surface area contributed by atoms with Crippen molar-refractivity contribution in [2.24, 2.45) is 5.92 Å². The first-order valence-electron chi connectivity index (χ1n) is 9.72. The molecule has 0 N–H and O–H groups in total. The summed E-state index contributed by atoms with van der Waals surface area (Å²) < 4.78 is 10.7. The third-order valence-corrected chi connectivity index (χ3v) is 5.69. The lowest BCUT2D eigenvalue weighted by Gasteiger charge is -2.37. The van der Waals surface area contributed by atoms with E-state index in [2.05, 4.69) is 0 Å². The van der Waals surface area contributed by atoms with Crippen molar-refractivity contribution in [3.05, 3.63) is 29.8 Å². The standard InChI is InChI=1S/C21H30O5/c1-4-14-24-19(22)20(2)15-21(26-25-20,16-8-6-5-7-9-16)17-10-12-18(23-3)13-11-17/h10-13,16H,4-9,14-15H2,1-3H3. The van der Waals surface area contributed by atoms with Crippen LogP contribution < -0.4 is 4.74 Å². The van der Waals surface area contributed by atoms with Gasteiger partial charge in [0.05, 0.1) is 13.7 Å². The molecular formula is C21H30O5. The lowest BCUT2D eigenvalue weighted by Crippen LogP contribution is -2.41. The van der Waals surface area contributed by atoms with Gasteiger partial charge >= 0.3 is 5.97 Å². The minimum Gasteiger partial charge on any atom is -0.497 e. The molecule has 3 rings (SSSR count). The predicted octanol–water partition coefficient (Wildman–Crippen LogP) is 4.53. The van der Waals surface area contributed by atoms with Gasteiger partial charge in [0.2, 0.25) is 5.60 Å². The van der Waals surface area contributed by atoms with Gasteiger partial charge in [-0.05, 0) is 49.8 Å². The number of benzene rings is 1. The average Bonchev–Trinajstić information content (AvgIpc) is 3.07. The zero-order chi connectivity index (χ0) is 18.6. The van der Waals surface area contributed by atoms with E-state index in [1.54, 1.807) is 14.0 Å². The fraction of sp³-hybridized carbons (Fsp3) is 0.667. The number of ether oxygens (including phenoxy) is 2. The van der Waals surface area contributed by atoms with Gasteiger partial charge in [0.15, 0.2) is 0 Å². The highest BCUT2D eigenvalue weighted by molar-refractivity contribution is 5.79. The summed E-state index contributed by atoms with van der Waals surface area (Å²) in [6.07, 6.45) is 7.04. The van der Waals surface area contributed by atoms with Crippen LogP contribution in [0.4, 0.5) is 0 Å². The highest BCUT2D eigenvalue weighted by Crippen LogP contribution is 2.52. The molecule has 0 spiro atoms. The van der Waals surface area contributed by atoms with Crippen molar-refractivity contribution in [3.8, 4) is 5.75 Å². The van der Waals surface area contributed by atoms with Crippen LogP contribution in [0, 0.1) is 5.92 Å². The van der Waals surface area contributed by atoms with E-state index >= 15 is 0 Å². The number of hydrogen-bond donors (Lipinski definition) is 0. The molecule has 26 heavy (non-hydrogen) atoms. The monoisotopic (exact) mass is 362 g/mol. The molecule has 2 unspecified atom stereocenters. The van der Waals surface area contributed by atoms with E-state index in [0.29, 0.717) is 18.9 Å². The Morgan fingerprint density at radius 3 is 2.46 bits per heavy atom. The summed E-state index contributed by atoms with van der Waals surface area (Å²) in [7, 11) is 1.65. The number of methoxy groups -OCH3 is 1. The SMILES string of the molecule is CCCOC(=O)C1(C)CC(c2ccc(OC)cc2)(C2CCCCC2)OO1. The van der Waals surface area contributed by atoms with Gasteiger partial charge in [0, 0.05) is 6.42 Å². The molecule has 1 heterocycles. The number of esters is 1. The van der Waals surface area contributed by atoms with Crippen LogP contribution in [-0.2, 0) is 24.9 Å². The van der Waals surface area contributed by atoms with Crippen molar-refractivity contribution < 1.29 is 24.0 Å². The molecule has 1 saturated heterocycles. The molecule has 2 aliphatic rings. The predicted molar refractivity (Wildman–Crippen MR) is 97.7 cm³/mol. The maximum absolute atomic E-state index is 12.6. The summed E-state index contributed by atoms with van der Waals surface area (Å²) >= 11 is 0. The first-order valence-corrected chi connectivity index (χ1v) is 9.72. The van der Waals surface area contributed by atoms with Crippen LogP contribution in [0.5, 0.6) is 5.75 Å². The van der Waals surface area contributed by atoms with Gasteiger partial charge in [-0.15, -0.1) is 0 Å². The fourth-order valence-electron chi connectivity index (χ4n) is 4.22. The Morgan fingerprint density at radius 2 is 1.85 bits per heavy atom. The molecule has 5 heteroatoms. The molecule has 0 radical (unpaired) electrons. The summed E-state index contributed by atoms with van der Waals surface area (Å²) in [6.45, 7) is 4.15. The van der Waals surface area contributed by atoms with Gasteiger partial charge in [0.25, 0.3) is 0 Å². The molecular weight excluding hydrogens is 332 g/mol. The summed E-state index contributed by atoms with van der Waals surface area (Å²) in [6, 6.07) is 7.93. The average molecular weight is 362 g/mol. The smallest absolute Gasteiger partial charge is 0.341 e. The molecule has 144 valence electrons. The maximum Gasteiger partial charge on any atom is 0.341 e. The van der Waals surface area contributed by atoms with Crippen molar-refractivity contribution >= 4 is 5.97 Å². The highest BCUT2D eigenvalue weighted by Gasteiger charge is 2.58. The normalized spacial score (nSPS) is 29.5. The van der Waals surface area contributed by atoms with Crippen LogP contribution in [0.25, 0.3) is 0 Å². The molecule has 5 nitrogen and oxygen atoms in total. The summed E-state index contributed by atoms with van der Waals surface area (Å²) in [5.74, 6) is 0.785. The van der Waals surface area contributed by atoms with Crippen LogP contribution in [0.1, 0.15) is 64.4 Å². The minimum absolute atomic E-state index is 0.324. The van der Waals surface area contributed by atoms with Crippen molar-refractivity contribution in [2.75, 3.05) is 13.7 Å². The van der Waals surface area contributed by atoms with Gasteiger partial charge < -0.3 is 9.47 Å². The summed E-state index contributed by atoms with van der Waals surface area (Å²) in [5, 5.41) is 0. The lowest BCUT2D eigenvalue weighted by molar-refractivity contribution is -0.357.